The lowest BCUT2D eigenvalue weighted by molar-refractivity contribution is -0.166. The summed E-state index contributed by atoms with van der Waals surface area (Å²) < 4.78 is 5.95. The highest BCUT2D eigenvalue weighted by molar-refractivity contribution is 7.04. The molecule has 0 N–H and O–H groups in total. The van der Waals surface area contributed by atoms with Gasteiger partial charge in [0.1, 0.15) is 13.7 Å². The van der Waals surface area contributed by atoms with E-state index in [0.717, 1.165) is 25.3 Å². The Bertz CT molecular complexity index is 993. The first-order valence-electron chi connectivity index (χ1n) is 12.4. The van der Waals surface area contributed by atoms with Crippen LogP contribution in [0.15, 0.2) is 60.7 Å². The Kier molecular flexibility index (Phi) is 5.51. The van der Waals surface area contributed by atoms with Crippen LogP contribution in [0.2, 0.25) is 11.1 Å². The molecule has 2 unspecified atom stereocenters. The summed E-state index contributed by atoms with van der Waals surface area (Å²) in [7, 11) is -2.29. The maximum atomic E-state index is 13.3. The number of ether oxygens (including phenoxy) is 1. The number of nitrogens with zero attached hydrogens (tertiary/aromatic N) is 1. The van der Waals surface area contributed by atoms with Gasteiger partial charge in [0.25, 0.3) is 0 Å². The number of carbonyl (C=O) groups excluding carboxylic acids is 2. The normalized spacial score (nSPS) is 27.7. The molecule has 1 amide bonds. The Morgan fingerprint density at radius 1 is 0.909 bits per heavy atom. The van der Waals surface area contributed by atoms with Crippen molar-refractivity contribution in [3.8, 4) is 0 Å². The van der Waals surface area contributed by atoms with E-state index in [-0.39, 0.29) is 29.0 Å². The Balaban J connectivity index is 1.58. The molecule has 0 radical (unpaired) electrons. The molecule has 3 aliphatic rings. The lowest BCUT2D eigenvalue weighted by Crippen LogP contribution is -2.67. The molecule has 3 aliphatic heterocycles. The van der Waals surface area contributed by atoms with E-state index in [1.54, 1.807) is 0 Å². The smallest absolute Gasteiger partial charge is 0.306 e. The molecule has 3 atom stereocenters. The van der Waals surface area contributed by atoms with Gasteiger partial charge in [-0.25, -0.2) is 0 Å². The molecule has 3 saturated heterocycles. The van der Waals surface area contributed by atoms with Crippen molar-refractivity contribution in [2.75, 3.05) is 0 Å². The van der Waals surface area contributed by atoms with Gasteiger partial charge in [0, 0.05) is 18.9 Å². The van der Waals surface area contributed by atoms with Crippen LogP contribution >= 0.6 is 0 Å². The number of fused-ring (bicyclic) bond motifs is 2. The fraction of sp³-hybridized carbons (Fsp3) is 0.500. The number of hydrogen-bond acceptors (Lipinski definition) is 3. The molecule has 0 aromatic heterocycles. The number of piperidine rings is 1. The highest BCUT2D eigenvalue weighted by atomic mass is 28.3. The molecular formula is C28H35NO3Si. The van der Waals surface area contributed by atoms with Gasteiger partial charge in [-0.15, -0.1) is 0 Å². The lowest BCUT2D eigenvalue weighted by Gasteiger charge is -2.49. The summed E-state index contributed by atoms with van der Waals surface area (Å²) in [6, 6.07) is 23.2. The van der Waals surface area contributed by atoms with E-state index in [4.69, 9.17) is 4.74 Å². The second-order valence-corrected chi connectivity index (χ2v) is 16.1. The summed E-state index contributed by atoms with van der Waals surface area (Å²) in [5.74, 6) is 0.147. The molecular weight excluding hydrogens is 426 g/mol. The molecule has 0 aliphatic carbocycles. The third-order valence-electron chi connectivity index (χ3n) is 8.58. The molecule has 1 spiro atoms. The van der Waals surface area contributed by atoms with Gasteiger partial charge in [-0.2, -0.15) is 0 Å². The van der Waals surface area contributed by atoms with Crippen molar-refractivity contribution in [2.24, 2.45) is 0 Å². The fourth-order valence-corrected chi connectivity index (χ4v) is 12.8. The third kappa shape index (κ3) is 3.56. The lowest BCUT2D eigenvalue weighted by atomic mass is 9.82. The van der Waals surface area contributed by atoms with Gasteiger partial charge in [0.15, 0.2) is 0 Å². The van der Waals surface area contributed by atoms with E-state index in [2.05, 4.69) is 86.3 Å². The van der Waals surface area contributed by atoms with Crippen molar-refractivity contribution in [2.45, 2.75) is 88.1 Å². The average molecular weight is 462 g/mol. The standard InChI is InChI=1S/C28H35NO3Si/c1-27(2,3)33(22-10-6-4-7-11-22,23-12-8-5-9-13-23)20-21-14-15-24-28(19-17-26(31)32-28)18-16-25(30)29(21)24/h4-13,21,24H,14-20H2,1-3H3/t21-,24?,28?/m0/s1. The van der Waals surface area contributed by atoms with Crippen LogP contribution in [-0.2, 0) is 14.3 Å². The van der Waals surface area contributed by atoms with Crippen LogP contribution in [0.4, 0.5) is 0 Å². The summed E-state index contributed by atoms with van der Waals surface area (Å²) >= 11 is 0. The molecule has 2 aromatic rings. The van der Waals surface area contributed by atoms with Crippen molar-refractivity contribution in [1.82, 2.24) is 4.90 Å². The van der Waals surface area contributed by atoms with Gasteiger partial charge in [-0.05, 0) is 36.8 Å². The van der Waals surface area contributed by atoms with E-state index in [1.807, 2.05) is 0 Å². The molecule has 33 heavy (non-hydrogen) atoms. The second-order valence-electron chi connectivity index (χ2n) is 11.2. The Hall–Kier alpha value is -2.40. The quantitative estimate of drug-likeness (QED) is 0.504. The summed E-state index contributed by atoms with van der Waals surface area (Å²) in [6.07, 6.45) is 4.33. The minimum absolute atomic E-state index is 0.0356. The van der Waals surface area contributed by atoms with Crippen molar-refractivity contribution in [3.63, 3.8) is 0 Å². The zero-order chi connectivity index (χ0) is 23.3. The maximum absolute atomic E-state index is 13.3. The van der Waals surface area contributed by atoms with Crippen LogP contribution in [0.25, 0.3) is 0 Å². The Labute approximate surface area is 198 Å². The number of rotatable bonds is 4. The number of amides is 1. The molecule has 0 saturated carbocycles. The van der Waals surface area contributed by atoms with Crippen LogP contribution in [0.1, 0.15) is 59.3 Å². The van der Waals surface area contributed by atoms with E-state index in [9.17, 15) is 9.59 Å². The molecule has 174 valence electrons. The first kappa shape index (κ1) is 22.4. The van der Waals surface area contributed by atoms with Crippen molar-refractivity contribution >= 4 is 30.3 Å². The second kappa shape index (κ2) is 8.12. The van der Waals surface area contributed by atoms with Gasteiger partial charge >= 0.3 is 5.97 Å². The van der Waals surface area contributed by atoms with Crippen LogP contribution in [0.3, 0.4) is 0 Å². The number of benzene rings is 2. The maximum Gasteiger partial charge on any atom is 0.306 e. The highest BCUT2D eigenvalue weighted by Crippen LogP contribution is 2.49. The summed E-state index contributed by atoms with van der Waals surface area (Å²) in [4.78, 5) is 27.6. The number of hydrogen-bond donors (Lipinski definition) is 0. The molecule has 0 bridgehead atoms. The molecule has 3 heterocycles. The summed E-state index contributed by atoms with van der Waals surface area (Å²) in [5, 5.41) is 2.92. The first-order valence-corrected chi connectivity index (χ1v) is 14.6. The van der Waals surface area contributed by atoms with Gasteiger partial charge < -0.3 is 9.64 Å². The highest BCUT2D eigenvalue weighted by Gasteiger charge is 2.59. The molecule has 4 nitrogen and oxygen atoms in total. The van der Waals surface area contributed by atoms with Gasteiger partial charge in [-0.1, -0.05) is 91.8 Å². The first-order chi connectivity index (χ1) is 15.8. The third-order valence-corrected chi connectivity index (χ3v) is 14.9. The van der Waals surface area contributed by atoms with Gasteiger partial charge in [-0.3, -0.25) is 9.59 Å². The van der Waals surface area contributed by atoms with E-state index in [0.29, 0.717) is 19.3 Å². The molecule has 5 heteroatoms. The topological polar surface area (TPSA) is 46.6 Å². The van der Waals surface area contributed by atoms with Crippen molar-refractivity contribution in [1.29, 1.82) is 0 Å². The monoisotopic (exact) mass is 461 g/mol. The molecule has 2 aromatic carbocycles. The van der Waals surface area contributed by atoms with E-state index < -0.39 is 13.7 Å². The summed E-state index contributed by atoms with van der Waals surface area (Å²) in [6.45, 7) is 7.14. The fourth-order valence-electron chi connectivity index (χ4n) is 7.02. The van der Waals surface area contributed by atoms with Crippen LogP contribution in [0.5, 0.6) is 0 Å². The summed E-state index contributed by atoms with van der Waals surface area (Å²) in [5.41, 5.74) is -0.453. The predicted molar refractivity (Wildman–Crippen MR) is 133 cm³/mol. The van der Waals surface area contributed by atoms with Crippen molar-refractivity contribution < 1.29 is 14.3 Å². The molecule has 5 rings (SSSR count). The SMILES string of the molecule is CC(C)(C)[Si](C[C@@H]1CCC2N1C(=O)CCC21CCC(=O)O1)(c1ccccc1)c1ccccc1. The van der Waals surface area contributed by atoms with E-state index in [1.165, 1.54) is 10.4 Å². The predicted octanol–water partition coefficient (Wildman–Crippen LogP) is 4.28. The van der Waals surface area contributed by atoms with Gasteiger partial charge in [0.05, 0.1) is 6.04 Å². The molecule has 3 fully saturated rings. The van der Waals surface area contributed by atoms with Crippen molar-refractivity contribution in [3.05, 3.63) is 60.7 Å². The van der Waals surface area contributed by atoms with Crippen LogP contribution in [0, 0.1) is 0 Å². The average Bonchev–Trinajstić information content (AvgIpc) is 3.40. The van der Waals surface area contributed by atoms with Crippen LogP contribution in [-0.4, -0.2) is 42.5 Å². The largest absolute Gasteiger partial charge is 0.457 e. The van der Waals surface area contributed by atoms with Gasteiger partial charge in [0.2, 0.25) is 5.91 Å². The van der Waals surface area contributed by atoms with Crippen LogP contribution < -0.4 is 10.4 Å². The minimum Gasteiger partial charge on any atom is -0.457 e. The number of carbonyl (C=O) groups is 2. The van der Waals surface area contributed by atoms with E-state index >= 15 is 0 Å². The zero-order valence-electron chi connectivity index (χ0n) is 20.0. The zero-order valence-corrected chi connectivity index (χ0v) is 21.0. The Morgan fingerprint density at radius 3 is 2.00 bits per heavy atom. The number of esters is 1. The Morgan fingerprint density at radius 2 is 1.48 bits per heavy atom. The minimum atomic E-state index is -2.29.